The van der Waals surface area contributed by atoms with Gasteiger partial charge in [0.2, 0.25) is 6.29 Å². The second-order valence-corrected chi connectivity index (χ2v) is 4.54. The Morgan fingerprint density at radius 3 is 2.33 bits per heavy atom. The molecule has 2 rings (SSSR count). The van der Waals surface area contributed by atoms with Gasteiger partial charge in [-0.3, -0.25) is 10.1 Å². The van der Waals surface area contributed by atoms with Crippen LogP contribution >= 0.6 is 0 Å². The van der Waals surface area contributed by atoms with E-state index in [0.29, 0.717) is 0 Å². The molecule has 0 aliphatic carbocycles. The number of nitro benzene ring substituents is 1. The molecule has 0 aromatic heterocycles. The molecular formula is C12H14FNO7. The molecule has 1 aliphatic rings. The molecule has 0 spiro atoms. The molecule has 116 valence electrons. The summed E-state index contributed by atoms with van der Waals surface area (Å²) in [6.07, 6.45) is -7.50. The van der Waals surface area contributed by atoms with Crippen molar-refractivity contribution in [3.63, 3.8) is 0 Å². The molecule has 1 aromatic rings. The Labute approximate surface area is 118 Å². The van der Waals surface area contributed by atoms with Crippen molar-refractivity contribution in [1.29, 1.82) is 0 Å². The van der Waals surface area contributed by atoms with Gasteiger partial charge in [-0.1, -0.05) is 0 Å². The number of nitrogens with zero attached hydrogens (tertiary/aromatic N) is 1. The Morgan fingerprint density at radius 1 is 1.19 bits per heavy atom. The van der Waals surface area contributed by atoms with Crippen LogP contribution in [-0.4, -0.2) is 57.6 Å². The lowest BCUT2D eigenvalue weighted by molar-refractivity contribution is -0.384. The zero-order valence-electron chi connectivity index (χ0n) is 10.7. The summed E-state index contributed by atoms with van der Waals surface area (Å²) in [7, 11) is 0. The molecular weight excluding hydrogens is 289 g/mol. The Morgan fingerprint density at radius 2 is 1.81 bits per heavy atom. The number of alkyl halides is 1. The highest BCUT2D eigenvalue weighted by molar-refractivity contribution is 5.36. The Balaban J connectivity index is 2.08. The molecule has 3 N–H and O–H groups in total. The number of ether oxygens (including phenoxy) is 2. The monoisotopic (exact) mass is 303 g/mol. The second kappa shape index (κ2) is 6.31. The van der Waals surface area contributed by atoms with Crippen molar-refractivity contribution in [3.05, 3.63) is 34.4 Å². The first kappa shape index (κ1) is 15.6. The average Bonchev–Trinajstić information content (AvgIpc) is 2.48. The SMILES string of the molecule is O=[N+]([O-])c1ccc(O[C@@H]2O[C@H](CF)[C@@H](O)[C@H](O)[C@H]2O)cc1. The van der Waals surface area contributed by atoms with E-state index < -0.39 is 42.3 Å². The molecule has 0 amide bonds. The molecule has 1 heterocycles. The van der Waals surface area contributed by atoms with Gasteiger partial charge in [0.15, 0.2) is 0 Å². The normalized spacial score (nSPS) is 32.7. The van der Waals surface area contributed by atoms with Crippen LogP contribution in [0.25, 0.3) is 0 Å². The summed E-state index contributed by atoms with van der Waals surface area (Å²) < 4.78 is 22.9. The number of non-ortho nitro benzene ring substituents is 1. The Bertz CT molecular complexity index is 495. The van der Waals surface area contributed by atoms with Gasteiger partial charge >= 0.3 is 0 Å². The van der Waals surface area contributed by atoms with Crippen LogP contribution in [0.2, 0.25) is 0 Å². The van der Waals surface area contributed by atoms with E-state index >= 15 is 0 Å². The van der Waals surface area contributed by atoms with Crippen LogP contribution in [0.5, 0.6) is 5.75 Å². The van der Waals surface area contributed by atoms with Crippen molar-refractivity contribution in [3.8, 4) is 5.75 Å². The van der Waals surface area contributed by atoms with Crippen LogP contribution in [0.3, 0.4) is 0 Å². The van der Waals surface area contributed by atoms with Crippen LogP contribution in [0.4, 0.5) is 10.1 Å². The predicted molar refractivity (Wildman–Crippen MR) is 66.4 cm³/mol. The first-order valence-corrected chi connectivity index (χ1v) is 6.10. The average molecular weight is 303 g/mol. The zero-order chi connectivity index (χ0) is 15.6. The van der Waals surface area contributed by atoms with E-state index in [1.807, 2.05) is 0 Å². The van der Waals surface area contributed by atoms with E-state index in [1.54, 1.807) is 0 Å². The molecule has 1 aliphatic heterocycles. The third kappa shape index (κ3) is 3.27. The maximum atomic E-state index is 12.7. The fourth-order valence-electron chi connectivity index (χ4n) is 1.92. The molecule has 0 bridgehead atoms. The summed E-state index contributed by atoms with van der Waals surface area (Å²) in [5, 5.41) is 39.3. The van der Waals surface area contributed by atoms with Gasteiger partial charge in [0.1, 0.15) is 36.8 Å². The van der Waals surface area contributed by atoms with Gasteiger partial charge in [-0.15, -0.1) is 0 Å². The highest BCUT2D eigenvalue weighted by Crippen LogP contribution is 2.25. The molecule has 0 unspecified atom stereocenters. The minimum absolute atomic E-state index is 0.130. The third-order valence-electron chi connectivity index (χ3n) is 3.12. The molecule has 21 heavy (non-hydrogen) atoms. The van der Waals surface area contributed by atoms with Crippen LogP contribution in [0, 0.1) is 10.1 Å². The van der Waals surface area contributed by atoms with E-state index in [-0.39, 0.29) is 11.4 Å². The van der Waals surface area contributed by atoms with Gasteiger partial charge in [0, 0.05) is 12.1 Å². The summed E-state index contributed by atoms with van der Waals surface area (Å²) in [6, 6.07) is 4.91. The molecule has 8 nitrogen and oxygen atoms in total. The summed E-state index contributed by atoms with van der Waals surface area (Å²) in [6.45, 7) is -1.06. The maximum Gasteiger partial charge on any atom is 0.269 e. The highest BCUT2D eigenvalue weighted by Gasteiger charge is 2.45. The first-order chi connectivity index (χ1) is 9.93. The van der Waals surface area contributed by atoms with Crippen LogP contribution < -0.4 is 4.74 Å². The lowest BCUT2D eigenvalue weighted by atomic mass is 10.00. The second-order valence-electron chi connectivity index (χ2n) is 4.54. The van der Waals surface area contributed by atoms with E-state index in [9.17, 15) is 29.8 Å². The van der Waals surface area contributed by atoms with Crippen LogP contribution in [-0.2, 0) is 4.74 Å². The number of rotatable bonds is 4. The summed E-state index contributed by atoms with van der Waals surface area (Å²) >= 11 is 0. The molecule has 9 heteroatoms. The Hall–Kier alpha value is -1.81. The van der Waals surface area contributed by atoms with Crippen molar-refractivity contribution in [2.45, 2.75) is 30.7 Å². The minimum atomic E-state index is -1.62. The van der Waals surface area contributed by atoms with Crippen molar-refractivity contribution in [1.82, 2.24) is 0 Å². The highest BCUT2D eigenvalue weighted by atomic mass is 19.1. The first-order valence-electron chi connectivity index (χ1n) is 6.10. The number of aliphatic hydroxyl groups is 3. The molecule has 5 atom stereocenters. The fourth-order valence-corrected chi connectivity index (χ4v) is 1.92. The van der Waals surface area contributed by atoms with Crippen LogP contribution in [0.15, 0.2) is 24.3 Å². The van der Waals surface area contributed by atoms with Gasteiger partial charge in [0.25, 0.3) is 5.69 Å². The van der Waals surface area contributed by atoms with Gasteiger partial charge in [-0.05, 0) is 12.1 Å². The van der Waals surface area contributed by atoms with Crippen molar-refractivity contribution >= 4 is 5.69 Å². The van der Waals surface area contributed by atoms with Crippen molar-refractivity contribution in [2.24, 2.45) is 0 Å². The van der Waals surface area contributed by atoms with Gasteiger partial charge < -0.3 is 24.8 Å². The standard InChI is InChI=1S/C12H14FNO7/c13-5-8-9(15)10(16)11(17)12(21-8)20-7-3-1-6(2-4-7)14(18)19/h1-4,8-12,15-17H,5H2/t8-,9-,10+,11-,12-/m1/s1. The summed E-state index contributed by atoms with van der Waals surface area (Å²) in [5.74, 6) is 0.130. The smallest absolute Gasteiger partial charge is 0.269 e. The maximum absolute atomic E-state index is 12.7. The fraction of sp³-hybridized carbons (Fsp3) is 0.500. The zero-order valence-corrected chi connectivity index (χ0v) is 10.7. The summed E-state index contributed by atoms with van der Waals surface area (Å²) in [4.78, 5) is 9.92. The van der Waals surface area contributed by atoms with Crippen molar-refractivity contribution < 1.29 is 34.1 Å². The molecule has 0 radical (unpaired) electrons. The molecule has 1 fully saturated rings. The largest absolute Gasteiger partial charge is 0.462 e. The number of hydrogen-bond acceptors (Lipinski definition) is 7. The lowest BCUT2D eigenvalue weighted by Gasteiger charge is -2.39. The summed E-state index contributed by atoms with van der Waals surface area (Å²) in [5.41, 5.74) is -0.149. The van der Waals surface area contributed by atoms with Crippen LogP contribution in [0.1, 0.15) is 0 Å². The quantitative estimate of drug-likeness (QED) is 0.518. The molecule has 1 aromatic carbocycles. The minimum Gasteiger partial charge on any atom is -0.462 e. The van der Waals surface area contributed by atoms with Gasteiger partial charge in [0.05, 0.1) is 4.92 Å². The number of nitro groups is 1. The number of benzene rings is 1. The lowest BCUT2D eigenvalue weighted by Crippen LogP contribution is -2.59. The van der Waals surface area contributed by atoms with Crippen molar-refractivity contribution in [2.75, 3.05) is 6.67 Å². The van der Waals surface area contributed by atoms with Gasteiger partial charge in [-0.2, -0.15) is 0 Å². The Kier molecular flexibility index (Phi) is 4.68. The van der Waals surface area contributed by atoms with E-state index in [0.717, 1.165) is 0 Å². The predicted octanol–water partition coefficient (Wildman–Crippen LogP) is -0.249. The van der Waals surface area contributed by atoms with E-state index in [1.165, 1.54) is 24.3 Å². The molecule has 1 saturated heterocycles. The molecule has 0 saturated carbocycles. The van der Waals surface area contributed by atoms with E-state index in [4.69, 9.17) is 9.47 Å². The topological polar surface area (TPSA) is 122 Å². The third-order valence-corrected chi connectivity index (χ3v) is 3.12. The number of hydrogen-bond donors (Lipinski definition) is 3. The number of halogens is 1. The number of aliphatic hydroxyl groups excluding tert-OH is 3. The van der Waals surface area contributed by atoms with E-state index in [2.05, 4.69) is 0 Å². The van der Waals surface area contributed by atoms with Gasteiger partial charge in [-0.25, -0.2) is 4.39 Å².